The molecule has 18 heavy (non-hydrogen) atoms. The molecular formula is C15H19BrO2. The molecule has 3 heteroatoms. The maximum Gasteiger partial charge on any atom is 0.122 e. The Morgan fingerprint density at radius 2 is 2.28 bits per heavy atom. The first-order valence-electron chi connectivity index (χ1n) is 6.75. The van der Waals surface area contributed by atoms with Crippen molar-refractivity contribution in [3.63, 3.8) is 0 Å². The maximum absolute atomic E-state index is 5.67. The van der Waals surface area contributed by atoms with Gasteiger partial charge in [0.25, 0.3) is 0 Å². The van der Waals surface area contributed by atoms with Crippen LogP contribution in [0.25, 0.3) is 0 Å². The first-order valence-corrected chi connectivity index (χ1v) is 7.67. The van der Waals surface area contributed by atoms with Crippen LogP contribution in [-0.2, 0) is 11.2 Å². The third-order valence-corrected chi connectivity index (χ3v) is 5.17. The van der Waals surface area contributed by atoms with Crippen LogP contribution in [0.2, 0.25) is 0 Å². The second-order valence-corrected chi connectivity index (χ2v) is 6.35. The van der Waals surface area contributed by atoms with E-state index in [1.54, 1.807) is 0 Å². The van der Waals surface area contributed by atoms with Crippen LogP contribution in [0.5, 0.6) is 5.75 Å². The van der Waals surface area contributed by atoms with Crippen molar-refractivity contribution in [1.82, 2.24) is 0 Å². The zero-order valence-electron chi connectivity index (χ0n) is 10.7. The van der Waals surface area contributed by atoms with E-state index in [1.807, 2.05) is 0 Å². The van der Waals surface area contributed by atoms with Gasteiger partial charge in [-0.3, -0.25) is 0 Å². The number of hydrogen-bond acceptors (Lipinski definition) is 2. The summed E-state index contributed by atoms with van der Waals surface area (Å²) in [5, 5.41) is 0. The van der Waals surface area contributed by atoms with Crippen molar-refractivity contribution >= 4 is 15.9 Å². The monoisotopic (exact) mass is 310 g/mol. The lowest BCUT2D eigenvalue weighted by Gasteiger charge is -2.21. The van der Waals surface area contributed by atoms with E-state index in [1.165, 1.54) is 11.1 Å². The zero-order chi connectivity index (χ0) is 12.5. The summed E-state index contributed by atoms with van der Waals surface area (Å²) < 4.78 is 11.3. The molecule has 2 aliphatic heterocycles. The summed E-state index contributed by atoms with van der Waals surface area (Å²) in [5.41, 5.74) is 2.72. The van der Waals surface area contributed by atoms with Crippen LogP contribution >= 0.6 is 15.9 Å². The van der Waals surface area contributed by atoms with Crippen molar-refractivity contribution in [3.05, 3.63) is 29.3 Å². The number of halogens is 1. The van der Waals surface area contributed by atoms with Gasteiger partial charge < -0.3 is 9.47 Å². The van der Waals surface area contributed by atoms with Crippen molar-refractivity contribution in [2.75, 3.05) is 13.2 Å². The second kappa shape index (κ2) is 5.22. The Hall–Kier alpha value is -0.540. The number of benzene rings is 1. The van der Waals surface area contributed by atoms with Crippen LogP contribution in [0, 0.1) is 5.92 Å². The Balaban J connectivity index is 1.79. The number of fused-ring (bicyclic) bond motifs is 1. The van der Waals surface area contributed by atoms with Gasteiger partial charge in [0.15, 0.2) is 0 Å². The molecule has 2 aliphatic rings. The number of alkyl halides is 1. The summed E-state index contributed by atoms with van der Waals surface area (Å²) in [4.78, 5) is 0.398. The van der Waals surface area contributed by atoms with E-state index in [0.717, 1.165) is 38.2 Å². The highest BCUT2D eigenvalue weighted by atomic mass is 79.9. The van der Waals surface area contributed by atoms with Crippen LogP contribution in [-0.4, -0.2) is 19.3 Å². The van der Waals surface area contributed by atoms with Gasteiger partial charge in [0, 0.05) is 10.7 Å². The fourth-order valence-electron chi connectivity index (χ4n) is 2.88. The Labute approximate surface area is 117 Å². The summed E-state index contributed by atoms with van der Waals surface area (Å²) in [6.45, 7) is 3.88. The van der Waals surface area contributed by atoms with Gasteiger partial charge in [-0.1, -0.05) is 28.1 Å². The van der Waals surface area contributed by atoms with Gasteiger partial charge in [-0.05, 0) is 43.4 Å². The number of rotatable bonds is 2. The Bertz CT molecular complexity index is 433. The SMILES string of the molecule is CC1CC(C(Br)c2ccc3c(c2)CCCO3)CO1. The second-order valence-electron chi connectivity index (χ2n) is 5.36. The van der Waals surface area contributed by atoms with Gasteiger partial charge in [0.05, 0.1) is 19.3 Å². The van der Waals surface area contributed by atoms with E-state index >= 15 is 0 Å². The molecule has 3 rings (SSSR count). The van der Waals surface area contributed by atoms with Crippen molar-refractivity contribution < 1.29 is 9.47 Å². The van der Waals surface area contributed by atoms with Gasteiger partial charge in [-0.25, -0.2) is 0 Å². The van der Waals surface area contributed by atoms with E-state index in [0.29, 0.717) is 16.8 Å². The van der Waals surface area contributed by atoms with Gasteiger partial charge in [0.2, 0.25) is 0 Å². The molecule has 0 saturated carbocycles. The molecule has 98 valence electrons. The van der Waals surface area contributed by atoms with E-state index in [-0.39, 0.29) is 0 Å². The molecule has 1 aromatic carbocycles. The highest BCUT2D eigenvalue weighted by molar-refractivity contribution is 9.09. The highest BCUT2D eigenvalue weighted by Crippen LogP contribution is 2.39. The molecule has 2 heterocycles. The lowest BCUT2D eigenvalue weighted by Crippen LogP contribution is -2.11. The van der Waals surface area contributed by atoms with Crippen LogP contribution in [0.4, 0.5) is 0 Å². The molecule has 0 spiro atoms. The van der Waals surface area contributed by atoms with Gasteiger partial charge >= 0.3 is 0 Å². The molecule has 0 amide bonds. The van der Waals surface area contributed by atoms with E-state index in [4.69, 9.17) is 9.47 Å². The molecule has 1 saturated heterocycles. The highest BCUT2D eigenvalue weighted by Gasteiger charge is 2.29. The number of ether oxygens (including phenoxy) is 2. The molecule has 1 aromatic rings. The van der Waals surface area contributed by atoms with Crippen LogP contribution < -0.4 is 4.74 Å². The predicted octanol–water partition coefficient (Wildman–Crippen LogP) is 3.87. The molecule has 0 aromatic heterocycles. The van der Waals surface area contributed by atoms with Crippen molar-refractivity contribution in [2.45, 2.75) is 37.1 Å². The van der Waals surface area contributed by atoms with Crippen LogP contribution in [0.3, 0.4) is 0 Å². The number of aryl methyl sites for hydroxylation is 1. The van der Waals surface area contributed by atoms with Gasteiger partial charge in [-0.15, -0.1) is 0 Å². The minimum Gasteiger partial charge on any atom is -0.493 e. The van der Waals surface area contributed by atoms with Gasteiger partial charge in [-0.2, -0.15) is 0 Å². The first kappa shape index (κ1) is 12.5. The van der Waals surface area contributed by atoms with Crippen molar-refractivity contribution in [1.29, 1.82) is 0 Å². The van der Waals surface area contributed by atoms with Crippen LogP contribution in [0.1, 0.15) is 35.7 Å². The predicted molar refractivity (Wildman–Crippen MR) is 75.4 cm³/mol. The Morgan fingerprint density at radius 3 is 3.06 bits per heavy atom. The maximum atomic E-state index is 5.67. The molecule has 0 radical (unpaired) electrons. The van der Waals surface area contributed by atoms with E-state index in [2.05, 4.69) is 41.1 Å². The van der Waals surface area contributed by atoms with Crippen molar-refractivity contribution in [2.24, 2.45) is 5.92 Å². The summed E-state index contributed by atoms with van der Waals surface area (Å²) in [7, 11) is 0. The van der Waals surface area contributed by atoms with Crippen LogP contribution in [0.15, 0.2) is 18.2 Å². The molecule has 3 unspecified atom stereocenters. The third-order valence-electron chi connectivity index (χ3n) is 3.89. The number of hydrogen-bond donors (Lipinski definition) is 0. The standard InChI is InChI=1S/C15H19BrO2/c1-10-7-13(9-18-10)15(16)12-4-5-14-11(8-12)3-2-6-17-14/h4-5,8,10,13,15H,2-3,6-7,9H2,1H3. The minimum absolute atomic E-state index is 0.398. The Morgan fingerprint density at radius 1 is 1.39 bits per heavy atom. The molecule has 0 N–H and O–H groups in total. The summed E-state index contributed by atoms with van der Waals surface area (Å²) in [6, 6.07) is 6.61. The molecular weight excluding hydrogens is 292 g/mol. The van der Waals surface area contributed by atoms with E-state index in [9.17, 15) is 0 Å². The lowest BCUT2D eigenvalue weighted by atomic mass is 9.94. The fraction of sp³-hybridized carbons (Fsp3) is 0.600. The topological polar surface area (TPSA) is 18.5 Å². The largest absolute Gasteiger partial charge is 0.493 e. The molecule has 2 nitrogen and oxygen atoms in total. The third kappa shape index (κ3) is 2.43. The normalized spacial score (nSPS) is 28.6. The first-order chi connectivity index (χ1) is 8.74. The summed E-state index contributed by atoms with van der Waals surface area (Å²) in [6.07, 6.45) is 3.81. The quantitative estimate of drug-likeness (QED) is 0.772. The van der Waals surface area contributed by atoms with Gasteiger partial charge in [0.1, 0.15) is 5.75 Å². The molecule has 3 atom stereocenters. The smallest absolute Gasteiger partial charge is 0.122 e. The fourth-order valence-corrected chi connectivity index (χ4v) is 3.53. The molecule has 0 aliphatic carbocycles. The Kier molecular flexibility index (Phi) is 3.62. The lowest BCUT2D eigenvalue weighted by molar-refractivity contribution is 0.120. The average molecular weight is 311 g/mol. The van der Waals surface area contributed by atoms with E-state index < -0.39 is 0 Å². The minimum atomic E-state index is 0.398. The molecule has 0 bridgehead atoms. The average Bonchev–Trinajstić information content (AvgIpc) is 2.84. The molecule has 1 fully saturated rings. The van der Waals surface area contributed by atoms with Crippen molar-refractivity contribution in [3.8, 4) is 5.75 Å². The summed E-state index contributed by atoms with van der Waals surface area (Å²) in [5.74, 6) is 1.66. The summed E-state index contributed by atoms with van der Waals surface area (Å²) >= 11 is 3.85. The zero-order valence-corrected chi connectivity index (χ0v) is 12.3.